The second kappa shape index (κ2) is 8.15. The van der Waals surface area contributed by atoms with E-state index in [2.05, 4.69) is 39.9 Å². The molecule has 5 heteroatoms. The molecule has 1 saturated heterocycles. The van der Waals surface area contributed by atoms with Gasteiger partial charge in [-0.25, -0.2) is 4.39 Å². The number of rotatable bonds is 6. The summed E-state index contributed by atoms with van der Waals surface area (Å²) in [5.74, 6) is -0.0684. The fourth-order valence-corrected chi connectivity index (χ4v) is 4.36. The van der Waals surface area contributed by atoms with Gasteiger partial charge in [-0.1, -0.05) is 36.4 Å². The van der Waals surface area contributed by atoms with E-state index in [9.17, 15) is 9.18 Å². The topological polar surface area (TPSA) is 51.3 Å². The van der Waals surface area contributed by atoms with Crippen LogP contribution in [0.25, 0.3) is 10.9 Å². The molecule has 4 rings (SSSR count). The molecule has 1 aromatic heterocycles. The number of hydrogen-bond donors (Lipinski definition) is 1. The molecule has 28 heavy (non-hydrogen) atoms. The molecule has 2 aromatic carbocycles. The number of aromatic nitrogens is 1. The summed E-state index contributed by atoms with van der Waals surface area (Å²) >= 11 is 0. The Morgan fingerprint density at radius 2 is 1.89 bits per heavy atom. The Morgan fingerprint density at radius 1 is 1.11 bits per heavy atom. The molecule has 0 aliphatic carbocycles. The van der Waals surface area contributed by atoms with Crippen LogP contribution in [0, 0.1) is 11.7 Å². The molecule has 1 fully saturated rings. The average Bonchev–Trinajstić information content (AvgIpc) is 3.11. The predicted octanol–water partition coefficient (Wildman–Crippen LogP) is 3.59. The molecular weight excluding hydrogens is 353 g/mol. The number of para-hydroxylation sites is 1. The maximum Gasteiger partial charge on any atom is 0.234 e. The van der Waals surface area contributed by atoms with Crippen molar-refractivity contribution in [3.8, 4) is 0 Å². The highest BCUT2D eigenvalue weighted by atomic mass is 19.1. The minimum absolute atomic E-state index is 0.188. The van der Waals surface area contributed by atoms with Gasteiger partial charge < -0.3 is 10.3 Å². The second-order valence-corrected chi connectivity index (χ2v) is 7.71. The van der Waals surface area contributed by atoms with Crippen LogP contribution in [0.4, 0.5) is 4.39 Å². The van der Waals surface area contributed by atoms with Gasteiger partial charge in [0.15, 0.2) is 0 Å². The van der Waals surface area contributed by atoms with Gasteiger partial charge in [0.25, 0.3) is 0 Å². The number of primary amides is 1. The molecule has 146 valence electrons. The van der Waals surface area contributed by atoms with Crippen molar-refractivity contribution in [2.75, 3.05) is 13.1 Å². The molecule has 0 radical (unpaired) electrons. The van der Waals surface area contributed by atoms with Crippen molar-refractivity contribution in [3.05, 3.63) is 72.2 Å². The Morgan fingerprint density at radius 3 is 2.71 bits per heavy atom. The fourth-order valence-electron chi connectivity index (χ4n) is 4.36. The molecule has 2 N–H and O–H groups in total. The minimum Gasteiger partial charge on any atom is -0.368 e. The van der Waals surface area contributed by atoms with Gasteiger partial charge in [-0.15, -0.1) is 0 Å². The van der Waals surface area contributed by atoms with E-state index in [0.717, 1.165) is 25.9 Å². The van der Waals surface area contributed by atoms with E-state index >= 15 is 0 Å². The van der Waals surface area contributed by atoms with Crippen molar-refractivity contribution in [2.24, 2.45) is 11.7 Å². The number of nitrogens with two attached hydrogens (primary N) is 1. The molecule has 3 aromatic rings. The Labute approximate surface area is 164 Å². The third-order valence-corrected chi connectivity index (χ3v) is 5.91. The lowest BCUT2D eigenvalue weighted by molar-refractivity contribution is -0.125. The van der Waals surface area contributed by atoms with Gasteiger partial charge in [0.1, 0.15) is 5.82 Å². The van der Waals surface area contributed by atoms with Crippen LogP contribution in [0.15, 0.2) is 60.8 Å². The number of fused-ring (bicyclic) bond motifs is 1. The van der Waals surface area contributed by atoms with Crippen LogP contribution in [0.5, 0.6) is 0 Å². The van der Waals surface area contributed by atoms with Crippen LogP contribution in [0.3, 0.4) is 0 Å². The number of hydrogen-bond acceptors (Lipinski definition) is 2. The fraction of sp³-hybridized carbons (Fsp3) is 0.348. The van der Waals surface area contributed by atoms with E-state index in [4.69, 9.17) is 5.73 Å². The van der Waals surface area contributed by atoms with Crippen LogP contribution < -0.4 is 5.73 Å². The van der Waals surface area contributed by atoms with Crippen LogP contribution in [-0.2, 0) is 17.8 Å². The van der Waals surface area contributed by atoms with E-state index in [1.165, 1.54) is 17.0 Å². The lowest BCUT2D eigenvalue weighted by Crippen LogP contribution is -2.51. The van der Waals surface area contributed by atoms with E-state index in [1.54, 1.807) is 12.1 Å². The van der Waals surface area contributed by atoms with E-state index < -0.39 is 0 Å². The van der Waals surface area contributed by atoms with Gasteiger partial charge in [-0.3, -0.25) is 9.69 Å². The number of piperidine rings is 1. The van der Waals surface area contributed by atoms with Gasteiger partial charge in [-0.05, 0) is 60.9 Å². The van der Waals surface area contributed by atoms with Crippen molar-refractivity contribution >= 4 is 16.8 Å². The maximum atomic E-state index is 13.9. The van der Waals surface area contributed by atoms with Gasteiger partial charge >= 0.3 is 0 Å². The molecule has 1 aliphatic rings. The number of amides is 1. The van der Waals surface area contributed by atoms with Crippen LogP contribution >= 0.6 is 0 Å². The quantitative estimate of drug-likeness (QED) is 0.712. The molecule has 1 aliphatic heterocycles. The zero-order valence-electron chi connectivity index (χ0n) is 15.9. The average molecular weight is 379 g/mol. The van der Waals surface area contributed by atoms with Gasteiger partial charge in [0.2, 0.25) is 5.91 Å². The molecule has 0 saturated carbocycles. The Kier molecular flexibility index (Phi) is 5.44. The number of carbonyl (C=O) groups excluding carboxylic acids is 1. The number of likely N-dealkylation sites (tertiary alicyclic amines) is 1. The Balaban J connectivity index is 1.41. The van der Waals surface area contributed by atoms with Crippen molar-refractivity contribution in [1.29, 1.82) is 0 Å². The van der Waals surface area contributed by atoms with Gasteiger partial charge in [0, 0.05) is 24.8 Å². The normalized spacial score (nSPS) is 20.5. The van der Waals surface area contributed by atoms with Crippen molar-refractivity contribution < 1.29 is 9.18 Å². The summed E-state index contributed by atoms with van der Waals surface area (Å²) in [6.07, 6.45) is 4.46. The SMILES string of the molecule is NC(=O)C1CC(Cn2ccc3ccccc32)CCN1CCc1ccccc1F. The highest BCUT2D eigenvalue weighted by Crippen LogP contribution is 2.27. The molecule has 2 unspecified atom stereocenters. The van der Waals surface area contributed by atoms with E-state index in [0.29, 0.717) is 24.4 Å². The third kappa shape index (κ3) is 3.94. The summed E-state index contributed by atoms with van der Waals surface area (Å²) in [6, 6.07) is 17.0. The Bertz CT molecular complexity index is 967. The first kappa shape index (κ1) is 18.7. The largest absolute Gasteiger partial charge is 0.368 e. The maximum absolute atomic E-state index is 13.9. The number of nitrogens with zero attached hydrogens (tertiary/aromatic N) is 2. The second-order valence-electron chi connectivity index (χ2n) is 7.71. The summed E-state index contributed by atoms with van der Waals surface area (Å²) < 4.78 is 16.2. The summed E-state index contributed by atoms with van der Waals surface area (Å²) in [7, 11) is 0. The van der Waals surface area contributed by atoms with Crippen molar-refractivity contribution in [3.63, 3.8) is 0 Å². The molecule has 2 heterocycles. The van der Waals surface area contributed by atoms with Crippen molar-refractivity contribution in [1.82, 2.24) is 9.47 Å². The summed E-state index contributed by atoms with van der Waals surface area (Å²) in [6.45, 7) is 2.35. The predicted molar refractivity (Wildman–Crippen MR) is 109 cm³/mol. The zero-order chi connectivity index (χ0) is 19.5. The minimum atomic E-state index is -0.285. The van der Waals surface area contributed by atoms with E-state index in [-0.39, 0.29) is 17.8 Å². The smallest absolute Gasteiger partial charge is 0.234 e. The van der Waals surface area contributed by atoms with Gasteiger partial charge in [0.05, 0.1) is 6.04 Å². The molecule has 0 spiro atoms. The first-order chi connectivity index (χ1) is 13.6. The molecular formula is C23H26FN3O. The lowest BCUT2D eigenvalue weighted by atomic mass is 9.89. The molecule has 4 nitrogen and oxygen atoms in total. The van der Waals surface area contributed by atoms with Gasteiger partial charge in [-0.2, -0.15) is 0 Å². The van der Waals surface area contributed by atoms with Crippen LogP contribution in [0.2, 0.25) is 0 Å². The number of halogens is 1. The summed E-state index contributed by atoms with van der Waals surface area (Å²) in [4.78, 5) is 14.2. The summed E-state index contributed by atoms with van der Waals surface area (Å²) in [5.41, 5.74) is 7.63. The number of benzene rings is 2. The zero-order valence-corrected chi connectivity index (χ0v) is 15.9. The summed E-state index contributed by atoms with van der Waals surface area (Å²) in [5, 5.41) is 1.23. The van der Waals surface area contributed by atoms with Crippen LogP contribution in [-0.4, -0.2) is 34.5 Å². The third-order valence-electron chi connectivity index (χ3n) is 5.91. The van der Waals surface area contributed by atoms with E-state index in [1.807, 2.05) is 12.1 Å². The molecule has 0 bridgehead atoms. The molecule has 2 atom stereocenters. The van der Waals surface area contributed by atoms with Crippen molar-refractivity contribution in [2.45, 2.75) is 31.8 Å². The highest BCUT2D eigenvalue weighted by molar-refractivity contribution is 5.80. The lowest BCUT2D eigenvalue weighted by Gasteiger charge is -2.38. The monoisotopic (exact) mass is 379 g/mol. The number of carbonyl (C=O) groups is 1. The molecule has 1 amide bonds. The first-order valence-corrected chi connectivity index (χ1v) is 9.92. The Hall–Kier alpha value is -2.66. The highest BCUT2D eigenvalue weighted by Gasteiger charge is 2.32. The first-order valence-electron chi connectivity index (χ1n) is 9.92. The standard InChI is InChI=1S/C23H26FN3O/c24-20-7-3-1-5-18(20)10-13-26-12-9-17(15-22(26)23(25)28)16-27-14-11-19-6-2-4-8-21(19)27/h1-8,11,14,17,22H,9-10,12-13,15-16H2,(H2,25,28). The van der Waals surface area contributed by atoms with Crippen LogP contribution in [0.1, 0.15) is 18.4 Å².